The van der Waals surface area contributed by atoms with E-state index >= 15 is 0 Å². The fourth-order valence-corrected chi connectivity index (χ4v) is 3.14. The Labute approximate surface area is 121 Å². The van der Waals surface area contributed by atoms with E-state index in [1.54, 1.807) is 0 Å². The highest BCUT2D eigenvalue weighted by atomic mass is 16.5. The molecule has 2 aliphatic carbocycles. The molecular weight excluding hydrogens is 270 g/mol. The van der Waals surface area contributed by atoms with Crippen molar-refractivity contribution in [1.82, 2.24) is 15.5 Å². The van der Waals surface area contributed by atoms with Crippen molar-refractivity contribution in [2.75, 3.05) is 19.8 Å². The molecule has 6 heteroatoms. The summed E-state index contributed by atoms with van der Waals surface area (Å²) in [4.78, 5) is 12.4. The van der Waals surface area contributed by atoms with Crippen molar-refractivity contribution in [2.24, 2.45) is 5.92 Å². The first-order chi connectivity index (χ1) is 10.3. The molecule has 110 valence electrons. The van der Waals surface area contributed by atoms with Crippen LogP contribution in [0.4, 0.5) is 0 Å². The van der Waals surface area contributed by atoms with Gasteiger partial charge in [0.1, 0.15) is 11.2 Å². The number of benzene rings is 1. The van der Waals surface area contributed by atoms with Gasteiger partial charge in [-0.05, 0) is 36.5 Å². The molecule has 0 radical (unpaired) electrons. The van der Waals surface area contributed by atoms with E-state index in [1.807, 2.05) is 12.1 Å². The minimum Gasteiger partial charge on any atom is -0.394 e. The van der Waals surface area contributed by atoms with Crippen LogP contribution in [0.1, 0.15) is 23.3 Å². The molecule has 1 unspecified atom stereocenters. The van der Waals surface area contributed by atoms with Crippen LogP contribution < -0.4 is 5.32 Å². The van der Waals surface area contributed by atoms with Crippen LogP contribution in [0.3, 0.4) is 0 Å². The number of hydrogen-bond acceptors (Lipinski definition) is 4. The van der Waals surface area contributed by atoms with Crippen molar-refractivity contribution in [3.05, 3.63) is 17.8 Å². The average Bonchev–Trinajstić information content (AvgIpc) is 3.00. The standard InChI is InChI=1S/C15H17N3O3/c19-7-12(8-1-3-21-4-2-8)16-15(20)14-11-6-9-5-10(9)13(11)17-18-14/h5-6,8,12,19H,1-4,7H2,(H,16,20)(H,17,18). The number of ether oxygens (including phenoxy) is 1. The van der Waals surface area contributed by atoms with E-state index in [1.165, 1.54) is 5.56 Å². The second kappa shape index (κ2) is 4.82. The molecule has 1 aliphatic heterocycles. The van der Waals surface area contributed by atoms with E-state index in [0.717, 1.165) is 29.3 Å². The molecule has 2 heterocycles. The number of aromatic nitrogens is 2. The van der Waals surface area contributed by atoms with Crippen molar-refractivity contribution in [1.29, 1.82) is 0 Å². The fraction of sp³-hybridized carbons (Fsp3) is 0.467. The number of hydrogen-bond donors (Lipinski definition) is 3. The van der Waals surface area contributed by atoms with E-state index in [2.05, 4.69) is 15.5 Å². The summed E-state index contributed by atoms with van der Waals surface area (Å²) < 4.78 is 5.32. The van der Waals surface area contributed by atoms with Gasteiger partial charge in [-0.3, -0.25) is 9.89 Å². The van der Waals surface area contributed by atoms with Gasteiger partial charge in [-0.25, -0.2) is 0 Å². The highest BCUT2D eigenvalue weighted by Gasteiger charge is 2.28. The topological polar surface area (TPSA) is 87.2 Å². The van der Waals surface area contributed by atoms with E-state index in [0.29, 0.717) is 18.9 Å². The Hall–Kier alpha value is -1.92. The molecule has 1 amide bonds. The van der Waals surface area contributed by atoms with Crippen molar-refractivity contribution in [2.45, 2.75) is 18.9 Å². The monoisotopic (exact) mass is 287 g/mol. The molecule has 1 saturated heterocycles. The lowest BCUT2D eigenvalue weighted by molar-refractivity contribution is 0.0419. The minimum atomic E-state index is -0.233. The smallest absolute Gasteiger partial charge is 0.270 e. The van der Waals surface area contributed by atoms with Crippen LogP contribution in [0, 0.1) is 5.92 Å². The molecule has 1 aromatic rings. The maximum atomic E-state index is 12.4. The third-order valence-electron chi connectivity index (χ3n) is 4.46. The van der Waals surface area contributed by atoms with Gasteiger partial charge in [-0.1, -0.05) is 0 Å². The summed E-state index contributed by atoms with van der Waals surface area (Å²) in [5, 5.41) is 20.4. The summed E-state index contributed by atoms with van der Waals surface area (Å²) in [5.41, 5.74) is 3.64. The lowest BCUT2D eigenvalue weighted by Crippen LogP contribution is -2.44. The number of H-pyrrole nitrogens is 1. The number of carbonyl (C=O) groups is 1. The zero-order chi connectivity index (χ0) is 14.4. The highest BCUT2D eigenvalue weighted by Crippen LogP contribution is 2.42. The van der Waals surface area contributed by atoms with E-state index < -0.39 is 0 Å². The zero-order valence-electron chi connectivity index (χ0n) is 11.6. The van der Waals surface area contributed by atoms with E-state index in [-0.39, 0.29) is 24.5 Å². The second-order valence-electron chi connectivity index (χ2n) is 5.73. The third kappa shape index (κ3) is 2.11. The van der Waals surface area contributed by atoms with Crippen LogP contribution >= 0.6 is 0 Å². The molecule has 0 spiro atoms. The van der Waals surface area contributed by atoms with Crippen molar-refractivity contribution in [3.63, 3.8) is 0 Å². The van der Waals surface area contributed by atoms with E-state index in [9.17, 15) is 9.90 Å². The number of aromatic amines is 1. The predicted octanol–water partition coefficient (Wildman–Crippen LogP) is 1.06. The quantitative estimate of drug-likeness (QED) is 0.669. The van der Waals surface area contributed by atoms with Gasteiger partial charge < -0.3 is 15.2 Å². The maximum Gasteiger partial charge on any atom is 0.270 e. The third-order valence-corrected chi connectivity index (χ3v) is 4.46. The Morgan fingerprint density at radius 3 is 3.05 bits per heavy atom. The molecule has 4 rings (SSSR count). The molecule has 6 nitrogen and oxygen atoms in total. The number of carbonyl (C=O) groups excluding carboxylic acids is 1. The molecule has 1 aromatic heterocycles. The molecule has 1 atom stereocenters. The van der Waals surface area contributed by atoms with Crippen LogP contribution in [-0.2, 0) is 4.74 Å². The van der Waals surface area contributed by atoms with Crippen LogP contribution in [0.25, 0.3) is 22.0 Å². The first-order valence-electron chi connectivity index (χ1n) is 7.30. The second-order valence-corrected chi connectivity index (χ2v) is 5.73. The number of aliphatic hydroxyl groups is 1. The van der Waals surface area contributed by atoms with Crippen molar-refractivity contribution >= 4 is 16.8 Å². The van der Waals surface area contributed by atoms with Crippen LogP contribution in [0.2, 0.25) is 0 Å². The minimum absolute atomic E-state index is 0.0566. The van der Waals surface area contributed by atoms with Crippen LogP contribution in [0.15, 0.2) is 12.1 Å². The lowest BCUT2D eigenvalue weighted by atomic mass is 9.92. The van der Waals surface area contributed by atoms with Gasteiger partial charge >= 0.3 is 0 Å². The van der Waals surface area contributed by atoms with Crippen molar-refractivity contribution in [3.8, 4) is 11.1 Å². The Bertz CT molecular complexity index is 703. The molecule has 1 fully saturated rings. The summed E-state index contributed by atoms with van der Waals surface area (Å²) in [6.45, 7) is 1.33. The van der Waals surface area contributed by atoms with Gasteiger partial charge in [0, 0.05) is 24.2 Å². The fourth-order valence-electron chi connectivity index (χ4n) is 3.14. The molecular formula is C15H17N3O3. The van der Waals surface area contributed by atoms with E-state index in [4.69, 9.17) is 4.74 Å². The lowest BCUT2D eigenvalue weighted by Gasteiger charge is -2.29. The number of amides is 1. The highest BCUT2D eigenvalue weighted by molar-refractivity contribution is 6.14. The van der Waals surface area contributed by atoms with Crippen LogP contribution in [-0.4, -0.2) is 47.1 Å². The summed E-state index contributed by atoms with van der Waals surface area (Å²) in [6.07, 6.45) is 1.73. The Kier molecular flexibility index (Phi) is 2.94. The average molecular weight is 287 g/mol. The van der Waals surface area contributed by atoms with Gasteiger partial charge in [-0.2, -0.15) is 5.10 Å². The molecule has 21 heavy (non-hydrogen) atoms. The SMILES string of the molecule is O=C(NC(CO)C1CCOCC1)c1[nH]nc2c3cc-3cc12. The van der Waals surface area contributed by atoms with Gasteiger partial charge in [-0.15, -0.1) is 0 Å². The van der Waals surface area contributed by atoms with Gasteiger partial charge in [0.2, 0.25) is 0 Å². The number of nitrogens with one attached hydrogen (secondary N) is 2. The summed E-state index contributed by atoms with van der Waals surface area (Å²) >= 11 is 0. The van der Waals surface area contributed by atoms with Gasteiger partial charge in [0.05, 0.1) is 12.6 Å². The largest absolute Gasteiger partial charge is 0.394 e. The number of aliphatic hydroxyl groups excluding tert-OH is 1. The number of fused-ring (bicyclic) bond motifs is 3. The summed E-state index contributed by atoms with van der Waals surface area (Å²) in [5.74, 6) is 0.0613. The molecule has 0 saturated carbocycles. The summed E-state index contributed by atoms with van der Waals surface area (Å²) in [6, 6.07) is 3.79. The molecule has 0 aromatic carbocycles. The Morgan fingerprint density at radius 1 is 1.48 bits per heavy atom. The molecule has 3 N–H and O–H groups in total. The Balaban J connectivity index is 1.52. The first-order valence-corrected chi connectivity index (χ1v) is 7.30. The maximum absolute atomic E-state index is 12.4. The number of nitrogens with zero attached hydrogens (tertiary/aromatic N) is 1. The number of rotatable bonds is 4. The normalized spacial score (nSPS) is 18.7. The zero-order valence-corrected chi connectivity index (χ0v) is 11.6. The van der Waals surface area contributed by atoms with Crippen molar-refractivity contribution < 1.29 is 14.6 Å². The molecule has 0 bridgehead atoms. The predicted molar refractivity (Wildman–Crippen MR) is 77.0 cm³/mol. The molecule has 3 aliphatic rings. The van der Waals surface area contributed by atoms with Gasteiger partial charge in [0.25, 0.3) is 5.91 Å². The van der Waals surface area contributed by atoms with Crippen LogP contribution in [0.5, 0.6) is 0 Å². The first kappa shape index (κ1) is 12.8. The summed E-state index contributed by atoms with van der Waals surface area (Å²) in [7, 11) is 0. The Morgan fingerprint density at radius 2 is 2.29 bits per heavy atom. The van der Waals surface area contributed by atoms with Gasteiger partial charge in [0.15, 0.2) is 0 Å².